The van der Waals surface area contributed by atoms with Gasteiger partial charge in [-0.2, -0.15) is 0 Å². The normalized spacial score (nSPS) is 33.0. The standard InChI is InChI=1S/C16H22O6/c1-9(2)14(18)20-6-5-12(17)21-13-10(3)7-11-8-16(13,4)22-15(11)19/h10-11,13H,1,5-8H2,2-4H3. The van der Waals surface area contributed by atoms with Crippen LogP contribution in [0.3, 0.4) is 0 Å². The third-order valence-electron chi connectivity index (χ3n) is 4.24. The molecule has 4 unspecified atom stereocenters. The van der Waals surface area contributed by atoms with Crippen LogP contribution in [0.25, 0.3) is 0 Å². The van der Waals surface area contributed by atoms with E-state index in [4.69, 9.17) is 14.2 Å². The number of rotatable bonds is 5. The molecule has 0 amide bonds. The number of ether oxygens (including phenoxy) is 3. The number of carbonyl (C=O) groups excluding carboxylic acids is 3. The van der Waals surface area contributed by atoms with Crippen LogP contribution < -0.4 is 0 Å². The average molecular weight is 310 g/mol. The Labute approximate surface area is 129 Å². The summed E-state index contributed by atoms with van der Waals surface area (Å²) in [6.45, 7) is 8.70. The minimum absolute atomic E-state index is 0.0320. The summed E-state index contributed by atoms with van der Waals surface area (Å²) in [4.78, 5) is 34.9. The molecule has 0 aromatic heterocycles. The van der Waals surface area contributed by atoms with Crippen LogP contribution in [0.15, 0.2) is 12.2 Å². The van der Waals surface area contributed by atoms with E-state index in [1.165, 1.54) is 6.92 Å². The van der Waals surface area contributed by atoms with E-state index in [9.17, 15) is 14.4 Å². The van der Waals surface area contributed by atoms with Gasteiger partial charge in [-0.3, -0.25) is 9.59 Å². The van der Waals surface area contributed by atoms with Gasteiger partial charge in [0.25, 0.3) is 0 Å². The summed E-state index contributed by atoms with van der Waals surface area (Å²) in [5.41, 5.74) is -0.464. The molecule has 0 aromatic carbocycles. The van der Waals surface area contributed by atoms with Gasteiger partial charge in [0.15, 0.2) is 0 Å². The maximum Gasteiger partial charge on any atom is 0.333 e. The van der Waals surface area contributed by atoms with Crippen LogP contribution >= 0.6 is 0 Å². The predicted molar refractivity (Wildman–Crippen MR) is 76.7 cm³/mol. The fourth-order valence-corrected chi connectivity index (χ4v) is 3.25. The van der Waals surface area contributed by atoms with E-state index in [0.29, 0.717) is 12.8 Å². The molecule has 1 aliphatic heterocycles. The van der Waals surface area contributed by atoms with Crippen LogP contribution in [0.4, 0.5) is 0 Å². The highest BCUT2D eigenvalue weighted by molar-refractivity contribution is 5.87. The number of fused-ring (bicyclic) bond motifs is 2. The summed E-state index contributed by atoms with van der Waals surface area (Å²) < 4.78 is 15.8. The van der Waals surface area contributed by atoms with Crippen molar-refractivity contribution >= 4 is 17.9 Å². The Hall–Kier alpha value is -1.85. The molecular formula is C16H22O6. The molecule has 2 bridgehead atoms. The van der Waals surface area contributed by atoms with Gasteiger partial charge < -0.3 is 14.2 Å². The van der Waals surface area contributed by atoms with E-state index >= 15 is 0 Å². The van der Waals surface area contributed by atoms with E-state index in [1.807, 2.05) is 6.92 Å². The lowest BCUT2D eigenvalue weighted by Gasteiger charge is -2.38. The number of esters is 3. The summed E-state index contributed by atoms with van der Waals surface area (Å²) in [5, 5.41) is 0. The van der Waals surface area contributed by atoms with Crippen molar-refractivity contribution in [3.05, 3.63) is 12.2 Å². The Morgan fingerprint density at radius 1 is 1.45 bits per heavy atom. The zero-order chi connectivity index (χ0) is 16.5. The molecule has 0 spiro atoms. The largest absolute Gasteiger partial charge is 0.462 e. The molecule has 0 radical (unpaired) electrons. The minimum atomic E-state index is -0.747. The van der Waals surface area contributed by atoms with Crippen molar-refractivity contribution in [1.29, 1.82) is 0 Å². The van der Waals surface area contributed by atoms with Gasteiger partial charge in [0.05, 0.1) is 12.3 Å². The van der Waals surface area contributed by atoms with Gasteiger partial charge in [-0.25, -0.2) is 4.79 Å². The third kappa shape index (κ3) is 3.31. The Morgan fingerprint density at radius 3 is 2.77 bits per heavy atom. The molecule has 1 saturated heterocycles. The van der Waals surface area contributed by atoms with E-state index < -0.39 is 23.6 Å². The molecule has 1 heterocycles. The van der Waals surface area contributed by atoms with Crippen LogP contribution in [0, 0.1) is 11.8 Å². The first-order valence-corrected chi connectivity index (χ1v) is 7.48. The first kappa shape index (κ1) is 16.5. The highest BCUT2D eigenvalue weighted by Crippen LogP contribution is 2.46. The molecule has 6 nitrogen and oxygen atoms in total. The van der Waals surface area contributed by atoms with Gasteiger partial charge in [-0.1, -0.05) is 13.5 Å². The summed E-state index contributed by atoms with van der Waals surface area (Å²) in [6.07, 6.45) is 0.755. The molecule has 1 aliphatic carbocycles. The van der Waals surface area contributed by atoms with E-state index in [0.717, 1.165) is 0 Å². The van der Waals surface area contributed by atoms with Crippen LogP contribution in [0.5, 0.6) is 0 Å². The maximum absolute atomic E-state index is 11.9. The molecular weight excluding hydrogens is 288 g/mol. The Balaban J connectivity index is 1.87. The molecule has 2 fully saturated rings. The lowest BCUT2D eigenvalue weighted by molar-refractivity contribution is -0.179. The summed E-state index contributed by atoms with van der Waals surface area (Å²) in [7, 11) is 0. The second kappa shape index (κ2) is 6.10. The van der Waals surface area contributed by atoms with Crippen LogP contribution in [0.1, 0.15) is 40.0 Å². The van der Waals surface area contributed by atoms with Gasteiger partial charge in [0.2, 0.25) is 0 Å². The number of carbonyl (C=O) groups is 3. The maximum atomic E-state index is 11.9. The molecule has 2 aliphatic rings. The van der Waals surface area contributed by atoms with Crippen molar-refractivity contribution in [3.8, 4) is 0 Å². The van der Waals surface area contributed by atoms with Crippen molar-refractivity contribution in [1.82, 2.24) is 0 Å². The topological polar surface area (TPSA) is 78.9 Å². The molecule has 22 heavy (non-hydrogen) atoms. The van der Waals surface area contributed by atoms with E-state index in [1.54, 1.807) is 6.92 Å². The smallest absolute Gasteiger partial charge is 0.333 e. The molecule has 1 saturated carbocycles. The molecule has 0 aromatic rings. The first-order chi connectivity index (χ1) is 10.2. The highest BCUT2D eigenvalue weighted by atomic mass is 16.6. The zero-order valence-electron chi connectivity index (χ0n) is 13.2. The second-order valence-electron chi connectivity index (χ2n) is 6.42. The fourth-order valence-electron chi connectivity index (χ4n) is 3.25. The predicted octanol–water partition coefficient (Wildman–Crippen LogP) is 1.77. The summed E-state index contributed by atoms with van der Waals surface area (Å²) in [5.74, 6) is -1.24. The lowest BCUT2D eigenvalue weighted by Crippen LogP contribution is -2.48. The molecule has 2 rings (SSSR count). The molecule has 122 valence electrons. The summed E-state index contributed by atoms with van der Waals surface area (Å²) in [6, 6.07) is 0. The Kier molecular flexibility index (Phi) is 4.58. The zero-order valence-corrected chi connectivity index (χ0v) is 13.2. The van der Waals surface area contributed by atoms with Crippen LogP contribution in [0.2, 0.25) is 0 Å². The quantitative estimate of drug-likeness (QED) is 0.437. The van der Waals surface area contributed by atoms with Crippen molar-refractivity contribution in [2.75, 3.05) is 6.61 Å². The minimum Gasteiger partial charge on any atom is -0.462 e. The SMILES string of the molecule is C=C(C)C(=O)OCCC(=O)OC1C(C)CC2CC1(C)OC2=O. The first-order valence-electron chi connectivity index (χ1n) is 7.48. The van der Waals surface area contributed by atoms with Gasteiger partial charge in [-0.05, 0) is 26.2 Å². The lowest BCUT2D eigenvalue weighted by atomic mass is 9.74. The van der Waals surface area contributed by atoms with Crippen molar-refractivity contribution in [2.24, 2.45) is 11.8 Å². The Bertz CT molecular complexity index is 511. The van der Waals surface area contributed by atoms with Gasteiger partial charge in [-0.15, -0.1) is 0 Å². The number of hydrogen-bond donors (Lipinski definition) is 0. The third-order valence-corrected chi connectivity index (χ3v) is 4.24. The monoisotopic (exact) mass is 310 g/mol. The molecule has 4 atom stereocenters. The van der Waals surface area contributed by atoms with Crippen LogP contribution in [-0.4, -0.2) is 36.2 Å². The number of hydrogen-bond acceptors (Lipinski definition) is 6. The Morgan fingerprint density at radius 2 is 2.14 bits per heavy atom. The van der Waals surface area contributed by atoms with Crippen molar-refractivity contribution in [2.45, 2.75) is 51.7 Å². The van der Waals surface area contributed by atoms with Gasteiger partial charge in [0, 0.05) is 12.0 Å². The van der Waals surface area contributed by atoms with Crippen LogP contribution in [-0.2, 0) is 28.6 Å². The highest BCUT2D eigenvalue weighted by Gasteiger charge is 2.56. The average Bonchev–Trinajstić information content (AvgIpc) is 2.66. The van der Waals surface area contributed by atoms with Crippen molar-refractivity contribution in [3.63, 3.8) is 0 Å². The second-order valence-corrected chi connectivity index (χ2v) is 6.42. The molecule has 6 heteroatoms. The molecule has 0 N–H and O–H groups in total. The fraction of sp³-hybridized carbons (Fsp3) is 0.688. The van der Waals surface area contributed by atoms with Crippen molar-refractivity contribution < 1.29 is 28.6 Å². The van der Waals surface area contributed by atoms with E-state index in [2.05, 4.69) is 6.58 Å². The van der Waals surface area contributed by atoms with Gasteiger partial charge >= 0.3 is 17.9 Å². The summed E-state index contributed by atoms with van der Waals surface area (Å²) >= 11 is 0. The van der Waals surface area contributed by atoms with Gasteiger partial charge in [0.1, 0.15) is 18.3 Å². The van der Waals surface area contributed by atoms with E-state index in [-0.39, 0.29) is 36.4 Å².